The van der Waals surface area contributed by atoms with Crippen molar-refractivity contribution in [1.82, 2.24) is 0 Å². The van der Waals surface area contributed by atoms with E-state index in [2.05, 4.69) is 129 Å². The minimum Gasteiger partial charge on any atom is -0.191 e. The lowest BCUT2D eigenvalue weighted by Gasteiger charge is -2.01. The molecule has 0 radical (unpaired) electrons. The fourth-order valence-electron chi connectivity index (χ4n) is 4.05. The lowest BCUT2D eigenvalue weighted by atomic mass is 10.1. The normalized spacial score (nSPS) is 11.4. The van der Waals surface area contributed by atoms with Crippen LogP contribution in [0.5, 0.6) is 0 Å². The van der Waals surface area contributed by atoms with Gasteiger partial charge in [-0.1, -0.05) is 22.7 Å². The average Bonchev–Trinajstić information content (AvgIpc) is 3.41. The summed E-state index contributed by atoms with van der Waals surface area (Å²) >= 11 is 3.54. The standard InChI is InChI=1S/C26H22N4S2/c1-27-17-31-25-5-3-21(15-23(25)27)29-11-7-19(8-12-29)20-9-13-30(14-10-20)22-4-6-26-24(16-22)28(2)18-32-26/h3-18H,1-2H3/q+4. The molecule has 0 atom stereocenters. The van der Waals surface area contributed by atoms with Gasteiger partial charge in [0.2, 0.25) is 33.4 Å². The number of pyridine rings is 2. The molecular weight excluding hydrogens is 432 g/mol. The van der Waals surface area contributed by atoms with Crippen LogP contribution in [0.25, 0.3) is 42.9 Å². The topological polar surface area (TPSA) is 15.5 Å². The van der Waals surface area contributed by atoms with Crippen molar-refractivity contribution in [2.45, 2.75) is 0 Å². The Hall–Kier alpha value is -3.48. The number of rotatable bonds is 3. The molecule has 154 valence electrons. The Kier molecular flexibility index (Phi) is 4.56. The predicted octanol–water partition coefficient (Wildman–Crippen LogP) is 3.99. The predicted molar refractivity (Wildman–Crippen MR) is 128 cm³/mol. The van der Waals surface area contributed by atoms with Gasteiger partial charge in [-0.3, -0.25) is 0 Å². The van der Waals surface area contributed by atoms with E-state index in [1.165, 1.54) is 42.9 Å². The molecule has 6 heteroatoms. The first-order valence-electron chi connectivity index (χ1n) is 10.4. The van der Waals surface area contributed by atoms with Crippen molar-refractivity contribution >= 4 is 43.1 Å². The highest BCUT2D eigenvalue weighted by Crippen LogP contribution is 2.20. The maximum Gasteiger partial charge on any atom is 0.229 e. The maximum atomic E-state index is 2.24. The summed E-state index contributed by atoms with van der Waals surface area (Å²) in [5.41, 5.74) is 11.5. The van der Waals surface area contributed by atoms with Crippen molar-refractivity contribution < 1.29 is 18.3 Å². The number of aromatic nitrogens is 4. The third-order valence-corrected chi connectivity index (χ3v) is 7.95. The molecule has 6 rings (SSSR count). The number of fused-ring (bicyclic) bond motifs is 2. The molecule has 4 nitrogen and oxygen atoms in total. The molecule has 0 fully saturated rings. The molecule has 0 unspecified atom stereocenters. The minimum atomic E-state index is 1.17. The van der Waals surface area contributed by atoms with E-state index in [1.54, 1.807) is 22.7 Å². The zero-order valence-corrected chi connectivity index (χ0v) is 19.5. The zero-order valence-electron chi connectivity index (χ0n) is 17.8. The summed E-state index contributed by atoms with van der Waals surface area (Å²) in [7, 11) is 4.19. The summed E-state index contributed by atoms with van der Waals surface area (Å²) < 4.78 is 11.3. The van der Waals surface area contributed by atoms with E-state index in [0.717, 1.165) is 0 Å². The van der Waals surface area contributed by atoms with Gasteiger partial charge in [0, 0.05) is 36.4 Å². The number of benzene rings is 2. The average molecular weight is 455 g/mol. The summed E-state index contributed by atoms with van der Waals surface area (Å²) in [4.78, 5) is 0. The van der Waals surface area contributed by atoms with E-state index in [0.29, 0.717) is 0 Å². The monoisotopic (exact) mass is 454 g/mol. The first-order chi connectivity index (χ1) is 15.7. The molecular formula is C26H22N4S2+4. The quantitative estimate of drug-likeness (QED) is 0.360. The van der Waals surface area contributed by atoms with Crippen molar-refractivity contribution in [2.24, 2.45) is 14.1 Å². The molecule has 0 saturated heterocycles. The Labute approximate surface area is 194 Å². The molecule has 4 aromatic heterocycles. The molecule has 6 aromatic rings. The van der Waals surface area contributed by atoms with Crippen LogP contribution in [0, 0.1) is 0 Å². The highest BCUT2D eigenvalue weighted by molar-refractivity contribution is 7.16. The Bertz CT molecular complexity index is 1460. The van der Waals surface area contributed by atoms with Crippen molar-refractivity contribution in [3.8, 4) is 22.5 Å². The second-order valence-corrected chi connectivity index (χ2v) is 9.73. The molecule has 0 spiro atoms. The third kappa shape index (κ3) is 3.28. The van der Waals surface area contributed by atoms with Crippen LogP contribution in [0.15, 0.2) is 96.5 Å². The van der Waals surface area contributed by atoms with Crippen LogP contribution in [0.3, 0.4) is 0 Å². The number of aryl methyl sites for hydroxylation is 2. The smallest absolute Gasteiger partial charge is 0.191 e. The van der Waals surface area contributed by atoms with Crippen molar-refractivity contribution in [2.75, 3.05) is 0 Å². The summed E-state index contributed by atoms with van der Waals surface area (Å²) in [5, 5.41) is 0. The molecule has 0 saturated carbocycles. The lowest BCUT2D eigenvalue weighted by molar-refractivity contribution is -0.641. The largest absolute Gasteiger partial charge is 0.229 e. The van der Waals surface area contributed by atoms with Gasteiger partial charge in [0.15, 0.2) is 24.8 Å². The minimum absolute atomic E-state index is 1.17. The van der Waals surface area contributed by atoms with Crippen LogP contribution < -0.4 is 18.3 Å². The van der Waals surface area contributed by atoms with Crippen LogP contribution in [0.1, 0.15) is 0 Å². The van der Waals surface area contributed by atoms with Crippen LogP contribution in [-0.4, -0.2) is 0 Å². The van der Waals surface area contributed by atoms with Gasteiger partial charge in [0.05, 0.1) is 12.1 Å². The van der Waals surface area contributed by atoms with Gasteiger partial charge in [0.1, 0.15) is 23.5 Å². The second-order valence-electron chi connectivity index (χ2n) is 7.96. The van der Waals surface area contributed by atoms with Gasteiger partial charge in [-0.05, 0) is 23.3 Å². The summed E-state index contributed by atoms with van der Waals surface area (Å²) in [6, 6.07) is 21.9. The summed E-state index contributed by atoms with van der Waals surface area (Å²) in [6.07, 6.45) is 8.53. The number of hydrogen-bond acceptors (Lipinski definition) is 2. The molecule has 4 heterocycles. The Morgan fingerprint density at radius 3 is 1.34 bits per heavy atom. The van der Waals surface area contributed by atoms with E-state index >= 15 is 0 Å². The van der Waals surface area contributed by atoms with Gasteiger partial charge >= 0.3 is 0 Å². The van der Waals surface area contributed by atoms with E-state index < -0.39 is 0 Å². The van der Waals surface area contributed by atoms with Crippen LogP contribution in [0.2, 0.25) is 0 Å². The number of hydrogen-bond donors (Lipinski definition) is 0. The van der Waals surface area contributed by atoms with Crippen molar-refractivity contribution in [3.63, 3.8) is 0 Å². The van der Waals surface area contributed by atoms with Gasteiger partial charge < -0.3 is 0 Å². The third-order valence-electron chi connectivity index (χ3n) is 5.91. The fraction of sp³-hybridized carbons (Fsp3) is 0.0769. The molecule has 0 amide bonds. The van der Waals surface area contributed by atoms with Crippen LogP contribution in [-0.2, 0) is 14.1 Å². The number of thiazole rings is 2. The highest BCUT2D eigenvalue weighted by Gasteiger charge is 2.16. The van der Waals surface area contributed by atoms with E-state index in [1.807, 2.05) is 0 Å². The van der Waals surface area contributed by atoms with Crippen LogP contribution in [0.4, 0.5) is 0 Å². The van der Waals surface area contributed by atoms with Crippen molar-refractivity contribution in [1.29, 1.82) is 0 Å². The maximum absolute atomic E-state index is 2.24. The first-order valence-corrected chi connectivity index (χ1v) is 12.2. The molecule has 0 aliphatic rings. The Morgan fingerprint density at radius 1 is 0.531 bits per heavy atom. The lowest BCUT2D eigenvalue weighted by Crippen LogP contribution is -2.31. The highest BCUT2D eigenvalue weighted by atomic mass is 32.1. The second kappa shape index (κ2) is 7.58. The molecule has 0 aliphatic carbocycles. The van der Waals surface area contributed by atoms with E-state index in [4.69, 9.17) is 0 Å². The SMILES string of the molecule is C[n+]1csc2ccc(-[n+]3ccc(-c4cc[n+](-c5ccc6sc[n+](C)c6c5)cc4)cc3)cc21. The van der Waals surface area contributed by atoms with Crippen LogP contribution >= 0.6 is 22.7 Å². The Balaban J connectivity index is 1.28. The molecule has 32 heavy (non-hydrogen) atoms. The van der Waals surface area contributed by atoms with Gasteiger partial charge in [0.25, 0.3) is 0 Å². The van der Waals surface area contributed by atoms with Gasteiger partial charge in [-0.25, -0.2) is 0 Å². The van der Waals surface area contributed by atoms with E-state index in [9.17, 15) is 0 Å². The molecule has 2 aromatic carbocycles. The zero-order chi connectivity index (χ0) is 21.7. The Morgan fingerprint density at radius 2 is 0.938 bits per heavy atom. The van der Waals surface area contributed by atoms with E-state index in [-0.39, 0.29) is 0 Å². The van der Waals surface area contributed by atoms with Crippen molar-refractivity contribution in [3.05, 3.63) is 96.5 Å². The van der Waals surface area contributed by atoms with Gasteiger partial charge in [-0.15, -0.1) is 0 Å². The molecule has 0 aliphatic heterocycles. The molecule has 0 N–H and O–H groups in total. The number of nitrogens with zero attached hydrogens (tertiary/aromatic N) is 4. The van der Waals surface area contributed by atoms with Gasteiger partial charge in [-0.2, -0.15) is 18.3 Å². The molecule has 0 bridgehead atoms. The fourth-order valence-corrected chi connectivity index (χ4v) is 5.76. The summed E-state index contributed by atoms with van der Waals surface area (Å²) in [6.45, 7) is 0. The summed E-state index contributed by atoms with van der Waals surface area (Å²) in [5.74, 6) is 0. The first kappa shape index (κ1) is 19.2.